The van der Waals surface area contributed by atoms with Gasteiger partial charge >= 0.3 is 0 Å². The first-order chi connectivity index (χ1) is 11.2. The number of hydrogen-bond donors (Lipinski definition) is 1. The van der Waals surface area contributed by atoms with Crippen molar-refractivity contribution in [1.29, 1.82) is 0 Å². The third-order valence-electron chi connectivity index (χ3n) is 4.43. The van der Waals surface area contributed by atoms with Gasteiger partial charge in [0.15, 0.2) is 5.82 Å². The van der Waals surface area contributed by atoms with Crippen molar-refractivity contribution >= 4 is 0 Å². The predicted molar refractivity (Wildman–Crippen MR) is 85.4 cm³/mol. The van der Waals surface area contributed by atoms with Crippen LogP contribution < -0.4 is 5.73 Å². The van der Waals surface area contributed by atoms with E-state index in [0.717, 1.165) is 31.2 Å². The lowest BCUT2D eigenvalue weighted by Crippen LogP contribution is -2.34. The van der Waals surface area contributed by atoms with Crippen LogP contribution in [0, 0.1) is 0 Å². The van der Waals surface area contributed by atoms with Gasteiger partial charge in [-0.25, -0.2) is 0 Å². The number of benzene rings is 1. The summed E-state index contributed by atoms with van der Waals surface area (Å²) in [6, 6.07) is 10.2. The summed E-state index contributed by atoms with van der Waals surface area (Å²) in [5, 5.41) is 8.46. The first-order valence-electron chi connectivity index (χ1n) is 7.93. The van der Waals surface area contributed by atoms with Gasteiger partial charge in [0.2, 0.25) is 0 Å². The van der Waals surface area contributed by atoms with Crippen molar-refractivity contribution in [3.8, 4) is 11.5 Å². The predicted octanol–water partition coefficient (Wildman–Crippen LogP) is 2.71. The van der Waals surface area contributed by atoms with Crippen LogP contribution in [-0.4, -0.2) is 19.9 Å². The lowest BCUT2D eigenvalue weighted by molar-refractivity contribution is 0.372. The molecule has 1 fully saturated rings. The molecular formula is C17H19N5O. The summed E-state index contributed by atoms with van der Waals surface area (Å²) < 4.78 is 7.26. The molecule has 2 heterocycles. The van der Waals surface area contributed by atoms with Crippen LogP contribution in [0.2, 0.25) is 0 Å². The summed E-state index contributed by atoms with van der Waals surface area (Å²) in [5.41, 5.74) is 7.96. The van der Waals surface area contributed by atoms with Gasteiger partial charge in [-0.15, -0.1) is 0 Å². The highest BCUT2D eigenvalue weighted by Crippen LogP contribution is 2.35. The molecule has 23 heavy (non-hydrogen) atoms. The zero-order valence-electron chi connectivity index (χ0n) is 12.9. The fourth-order valence-corrected chi connectivity index (χ4v) is 3.10. The van der Waals surface area contributed by atoms with E-state index in [1.807, 2.05) is 29.1 Å². The van der Waals surface area contributed by atoms with E-state index in [2.05, 4.69) is 27.4 Å². The van der Waals surface area contributed by atoms with Gasteiger partial charge in [0, 0.05) is 6.20 Å². The van der Waals surface area contributed by atoms with Crippen LogP contribution in [0.3, 0.4) is 0 Å². The van der Waals surface area contributed by atoms with Gasteiger partial charge in [-0.3, -0.25) is 4.68 Å². The Labute approximate surface area is 134 Å². The Morgan fingerprint density at radius 3 is 2.74 bits per heavy atom. The molecule has 0 radical (unpaired) electrons. The number of nitrogens with two attached hydrogens (primary N) is 1. The normalized spacial score (nSPS) is 16.7. The molecule has 0 unspecified atom stereocenters. The second-order valence-corrected chi connectivity index (χ2v) is 6.20. The third kappa shape index (κ3) is 2.77. The minimum Gasteiger partial charge on any atom is -0.334 e. The molecule has 6 nitrogen and oxygen atoms in total. The zero-order valence-corrected chi connectivity index (χ0v) is 12.9. The molecule has 0 bridgehead atoms. The molecule has 118 valence electrons. The van der Waals surface area contributed by atoms with Gasteiger partial charge in [0.05, 0.1) is 23.8 Å². The topological polar surface area (TPSA) is 82.8 Å². The second kappa shape index (κ2) is 5.62. The van der Waals surface area contributed by atoms with E-state index in [4.69, 9.17) is 10.3 Å². The molecule has 2 aromatic heterocycles. The van der Waals surface area contributed by atoms with E-state index in [1.54, 1.807) is 6.20 Å². The molecule has 1 saturated carbocycles. The summed E-state index contributed by atoms with van der Waals surface area (Å²) in [7, 11) is 0. The fourth-order valence-electron chi connectivity index (χ4n) is 3.10. The molecule has 0 atom stereocenters. The fraction of sp³-hybridized carbons (Fsp3) is 0.353. The molecule has 0 aliphatic heterocycles. The summed E-state index contributed by atoms with van der Waals surface area (Å²) in [4.78, 5) is 4.50. The Bertz CT molecular complexity index is 786. The van der Waals surface area contributed by atoms with Crippen LogP contribution in [0.4, 0.5) is 0 Å². The zero-order chi connectivity index (χ0) is 15.7. The van der Waals surface area contributed by atoms with Crippen LogP contribution in [-0.2, 0) is 12.1 Å². The summed E-state index contributed by atoms with van der Waals surface area (Å²) in [6.45, 7) is 0.711. The maximum Gasteiger partial charge on any atom is 0.261 e. The van der Waals surface area contributed by atoms with E-state index in [9.17, 15) is 0 Å². The summed E-state index contributed by atoms with van der Waals surface area (Å²) >= 11 is 0. The molecule has 1 aliphatic rings. The van der Waals surface area contributed by atoms with E-state index in [0.29, 0.717) is 18.3 Å². The number of aromatic nitrogens is 4. The van der Waals surface area contributed by atoms with Crippen LogP contribution in [0.25, 0.3) is 11.5 Å². The molecule has 0 spiro atoms. The number of hydrogen-bond acceptors (Lipinski definition) is 5. The summed E-state index contributed by atoms with van der Waals surface area (Å²) in [6.07, 6.45) is 7.74. The first kappa shape index (κ1) is 14.1. The third-order valence-corrected chi connectivity index (χ3v) is 4.43. The van der Waals surface area contributed by atoms with Crippen molar-refractivity contribution < 1.29 is 4.52 Å². The number of rotatable bonds is 4. The average Bonchev–Trinajstić information content (AvgIpc) is 3.28. The SMILES string of the molecule is NC1(c2noc(-c3cnn(Cc4ccccc4)c3)n2)CCCC1. The summed E-state index contributed by atoms with van der Waals surface area (Å²) in [5.74, 6) is 1.09. The lowest BCUT2D eigenvalue weighted by Gasteiger charge is -2.17. The molecule has 1 aromatic carbocycles. The van der Waals surface area contributed by atoms with Crippen molar-refractivity contribution in [3.63, 3.8) is 0 Å². The highest BCUT2D eigenvalue weighted by Gasteiger charge is 2.36. The minimum atomic E-state index is -0.429. The highest BCUT2D eigenvalue weighted by molar-refractivity contribution is 5.49. The molecule has 0 saturated heterocycles. The Hall–Kier alpha value is -2.47. The van der Waals surface area contributed by atoms with Gasteiger partial charge in [-0.1, -0.05) is 48.3 Å². The second-order valence-electron chi connectivity index (χ2n) is 6.20. The molecule has 6 heteroatoms. The Morgan fingerprint density at radius 1 is 1.17 bits per heavy atom. The van der Waals surface area contributed by atoms with Crippen LogP contribution in [0.15, 0.2) is 47.2 Å². The monoisotopic (exact) mass is 309 g/mol. The molecule has 1 aliphatic carbocycles. The average molecular weight is 309 g/mol. The van der Waals surface area contributed by atoms with Crippen molar-refractivity contribution in [2.24, 2.45) is 5.73 Å². The Balaban J connectivity index is 1.54. The first-order valence-corrected chi connectivity index (χ1v) is 7.93. The number of nitrogens with zero attached hydrogens (tertiary/aromatic N) is 4. The van der Waals surface area contributed by atoms with Crippen molar-refractivity contribution in [3.05, 3.63) is 54.1 Å². The van der Waals surface area contributed by atoms with E-state index in [1.165, 1.54) is 5.56 Å². The van der Waals surface area contributed by atoms with Crippen molar-refractivity contribution in [2.45, 2.75) is 37.8 Å². The van der Waals surface area contributed by atoms with Gasteiger partial charge in [0.25, 0.3) is 5.89 Å². The molecule has 2 N–H and O–H groups in total. The minimum absolute atomic E-state index is 0.429. The van der Waals surface area contributed by atoms with Crippen LogP contribution >= 0.6 is 0 Å². The Kier molecular flexibility index (Phi) is 3.46. The van der Waals surface area contributed by atoms with Gasteiger partial charge in [-0.05, 0) is 18.4 Å². The Morgan fingerprint density at radius 2 is 1.96 bits per heavy atom. The largest absolute Gasteiger partial charge is 0.334 e. The van der Waals surface area contributed by atoms with E-state index >= 15 is 0 Å². The van der Waals surface area contributed by atoms with Crippen molar-refractivity contribution in [1.82, 2.24) is 19.9 Å². The highest BCUT2D eigenvalue weighted by atomic mass is 16.5. The maximum absolute atomic E-state index is 6.37. The molecule has 0 amide bonds. The van der Waals surface area contributed by atoms with E-state index < -0.39 is 5.54 Å². The molecule has 3 aromatic rings. The smallest absolute Gasteiger partial charge is 0.261 e. The van der Waals surface area contributed by atoms with E-state index in [-0.39, 0.29) is 0 Å². The van der Waals surface area contributed by atoms with Crippen LogP contribution in [0.1, 0.15) is 37.1 Å². The lowest BCUT2D eigenvalue weighted by atomic mass is 9.99. The van der Waals surface area contributed by atoms with Gasteiger partial charge in [0.1, 0.15) is 0 Å². The maximum atomic E-state index is 6.37. The molecule has 4 rings (SSSR count). The quantitative estimate of drug-likeness (QED) is 0.801. The van der Waals surface area contributed by atoms with Gasteiger partial charge < -0.3 is 10.3 Å². The van der Waals surface area contributed by atoms with Gasteiger partial charge in [-0.2, -0.15) is 10.1 Å². The molecular weight excluding hydrogens is 290 g/mol. The van der Waals surface area contributed by atoms with Crippen LogP contribution in [0.5, 0.6) is 0 Å². The van der Waals surface area contributed by atoms with Crippen molar-refractivity contribution in [2.75, 3.05) is 0 Å². The standard InChI is InChI=1S/C17H19N5O/c18-17(8-4-5-9-17)16-20-15(23-21-16)14-10-19-22(12-14)11-13-6-2-1-3-7-13/h1-3,6-7,10,12H,4-5,8-9,11,18H2.